The van der Waals surface area contributed by atoms with Crippen molar-refractivity contribution in [3.63, 3.8) is 0 Å². The number of hydrogen-bond donors (Lipinski definition) is 0. The van der Waals surface area contributed by atoms with Crippen molar-refractivity contribution in [2.24, 2.45) is 0 Å². The highest BCUT2D eigenvalue weighted by molar-refractivity contribution is 5.86. The third-order valence-electron chi connectivity index (χ3n) is 2.57. The summed E-state index contributed by atoms with van der Waals surface area (Å²) in [7, 11) is 2.78. The quantitative estimate of drug-likeness (QED) is 0.609. The zero-order valence-electron chi connectivity index (χ0n) is 10.5. The van der Waals surface area contributed by atoms with Crippen LogP contribution >= 0.6 is 0 Å². The second-order valence-corrected chi connectivity index (χ2v) is 3.65. The summed E-state index contributed by atoms with van der Waals surface area (Å²) in [5, 5.41) is 0.413. The van der Waals surface area contributed by atoms with E-state index in [1.807, 2.05) is 0 Å². The fraction of sp³-hybridized carbons (Fsp3) is 0.154. The molecule has 19 heavy (non-hydrogen) atoms. The van der Waals surface area contributed by atoms with Crippen LogP contribution in [0, 0.1) is 0 Å². The topological polar surface area (TPSA) is 70.4 Å². The molecule has 0 amide bonds. The van der Waals surface area contributed by atoms with Crippen LogP contribution in [0.25, 0.3) is 17.1 Å². The van der Waals surface area contributed by atoms with Crippen molar-refractivity contribution in [3.05, 3.63) is 41.0 Å². The first-order valence-corrected chi connectivity index (χ1v) is 5.47. The zero-order chi connectivity index (χ0) is 13.8. The Morgan fingerprint density at radius 2 is 2.16 bits per heavy atom. The fourth-order valence-corrected chi connectivity index (χ4v) is 1.62. The van der Waals surface area contributed by atoms with E-state index in [1.54, 1.807) is 18.2 Å². The van der Waals surface area contributed by atoms with E-state index in [9.17, 15) is 9.59 Å². The van der Waals surface area contributed by atoms with Crippen LogP contribution in [0.5, 0.6) is 5.75 Å². The highest BCUT2D eigenvalue weighted by Crippen LogP contribution is 2.19. The number of ether oxygens (including phenoxy) is 2. The summed E-state index contributed by atoms with van der Waals surface area (Å²) in [5.74, 6) is -0.0173. The van der Waals surface area contributed by atoms with Gasteiger partial charge in [-0.1, -0.05) is 6.07 Å². The molecule has 0 spiro atoms. The van der Waals surface area contributed by atoms with Crippen molar-refractivity contribution in [1.29, 1.82) is 0 Å². The normalized spacial score (nSPS) is 10.8. The van der Waals surface area contributed by atoms with Gasteiger partial charge in [-0.25, -0.2) is 9.78 Å². The van der Waals surface area contributed by atoms with E-state index in [-0.39, 0.29) is 5.56 Å². The van der Waals surface area contributed by atoms with Gasteiger partial charge in [0.05, 0.1) is 19.6 Å². The molecule has 6 nitrogen and oxygen atoms in total. The number of hydrogen-bond acceptors (Lipinski definition) is 5. The molecule has 6 heteroatoms. The first-order chi connectivity index (χ1) is 9.17. The van der Waals surface area contributed by atoms with Crippen molar-refractivity contribution >= 4 is 23.1 Å². The minimum Gasteiger partial charge on any atom is -0.494 e. The maximum Gasteiger partial charge on any atom is 0.331 e. The van der Waals surface area contributed by atoms with Gasteiger partial charge in [-0.3, -0.25) is 9.36 Å². The molecule has 0 fully saturated rings. The second kappa shape index (κ2) is 5.34. The van der Waals surface area contributed by atoms with E-state index >= 15 is 0 Å². The number of aromatic nitrogens is 2. The largest absolute Gasteiger partial charge is 0.494 e. The molecule has 0 atom stereocenters. The van der Waals surface area contributed by atoms with Gasteiger partial charge >= 0.3 is 5.97 Å². The summed E-state index contributed by atoms with van der Waals surface area (Å²) in [6.45, 7) is 0. The molecule has 0 radical (unpaired) electrons. The van der Waals surface area contributed by atoms with E-state index in [1.165, 1.54) is 31.3 Å². The number of fused-ring (bicyclic) bond motifs is 1. The molecule has 98 valence electrons. The highest BCUT2D eigenvalue weighted by atomic mass is 16.5. The van der Waals surface area contributed by atoms with Crippen molar-refractivity contribution in [2.45, 2.75) is 0 Å². The minimum absolute atomic E-state index is 0.288. The minimum atomic E-state index is -0.544. The van der Waals surface area contributed by atoms with Gasteiger partial charge in [0.25, 0.3) is 5.56 Å². The van der Waals surface area contributed by atoms with Gasteiger partial charge in [0.1, 0.15) is 17.6 Å². The Bertz CT molecular complexity index is 703. The molecule has 0 saturated carbocycles. The Kier molecular flexibility index (Phi) is 3.61. The first kappa shape index (κ1) is 12.8. The molecule has 0 saturated heterocycles. The summed E-state index contributed by atoms with van der Waals surface area (Å²) >= 11 is 0. The van der Waals surface area contributed by atoms with E-state index in [0.717, 1.165) is 6.08 Å². The number of benzene rings is 1. The SMILES string of the molecule is COC(=O)/C=C/n1cnc2c(OC)cccc2c1=O. The van der Waals surface area contributed by atoms with Crippen LogP contribution < -0.4 is 10.3 Å². The molecule has 0 bridgehead atoms. The summed E-state index contributed by atoms with van der Waals surface area (Å²) in [6.07, 6.45) is 3.78. The van der Waals surface area contributed by atoms with Crippen LogP contribution in [0.1, 0.15) is 0 Å². The average Bonchev–Trinajstić information content (AvgIpc) is 2.45. The molecule has 1 heterocycles. The Morgan fingerprint density at radius 1 is 1.37 bits per heavy atom. The van der Waals surface area contributed by atoms with Gasteiger partial charge in [-0.05, 0) is 12.1 Å². The number of esters is 1. The number of nitrogens with zero attached hydrogens (tertiary/aromatic N) is 2. The predicted molar refractivity (Wildman–Crippen MR) is 69.9 cm³/mol. The van der Waals surface area contributed by atoms with Crippen LogP contribution in [0.15, 0.2) is 35.4 Å². The van der Waals surface area contributed by atoms with Crippen molar-refractivity contribution in [3.8, 4) is 5.75 Å². The molecule has 2 rings (SSSR count). The molecule has 0 N–H and O–H groups in total. The molecule has 0 aliphatic carbocycles. The van der Waals surface area contributed by atoms with Gasteiger partial charge < -0.3 is 9.47 Å². The van der Waals surface area contributed by atoms with Crippen LogP contribution in [0.2, 0.25) is 0 Å². The monoisotopic (exact) mass is 260 g/mol. The Balaban J connectivity index is 2.56. The third-order valence-corrected chi connectivity index (χ3v) is 2.57. The van der Waals surface area contributed by atoms with Gasteiger partial charge in [-0.2, -0.15) is 0 Å². The highest BCUT2D eigenvalue weighted by Gasteiger charge is 2.07. The number of carbonyl (C=O) groups is 1. The summed E-state index contributed by atoms with van der Waals surface area (Å²) < 4.78 is 10.8. The number of para-hydroxylation sites is 1. The number of carbonyl (C=O) groups excluding carboxylic acids is 1. The van der Waals surface area contributed by atoms with Crippen molar-refractivity contribution < 1.29 is 14.3 Å². The number of rotatable bonds is 3. The van der Waals surface area contributed by atoms with E-state index in [4.69, 9.17) is 4.74 Å². The zero-order valence-corrected chi connectivity index (χ0v) is 10.5. The lowest BCUT2D eigenvalue weighted by molar-refractivity contribution is -0.134. The second-order valence-electron chi connectivity index (χ2n) is 3.65. The molecule has 0 aliphatic rings. The third kappa shape index (κ3) is 2.47. The smallest absolute Gasteiger partial charge is 0.331 e. The first-order valence-electron chi connectivity index (χ1n) is 5.47. The van der Waals surface area contributed by atoms with Gasteiger partial charge in [0.2, 0.25) is 0 Å². The summed E-state index contributed by atoms with van der Waals surface area (Å²) in [4.78, 5) is 27.3. The van der Waals surface area contributed by atoms with Gasteiger partial charge in [0.15, 0.2) is 0 Å². The van der Waals surface area contributed by atoms with Crippen molar-refractivity contribution in [2.75, 3.05) is 14.2 Å². The lowest BCUT2D eigenvalue weighted by Crippen LogP contribution is -2.16. The maximum absolute atomic E-state index is 12.2. The standard InChI is InChI=1S/C13H12N2O4/c1-18-10-5-3-4-9-12(10)14-8-15(13(9)17)7-6-11(16)19-2/h3-8H,1-2H3/b7-6+. The van der Waals surface area contributed by atoms with E-state index in [2.05, 4.69) is 9.72 Å². The van der Waals surface area contributed by atoms with E-state index in [0.29, 0.717) is 16.7 Å². The lowest BCUT2D eigenvalue weighted by Gasteiger charge is -2.05. The molecule has 0 unspecified atom stereocenters. The van der Waals surface area contributed by atoms with Crippen LogP contribution in [0.3, 0.4) is 0 Å². The van der Waals surface area contributed by atoms with Crippen LogP contribution in [-0.4, -0.2) is 29.7 Å². The maximum atomic E-state index is 12.2. The van der Waals surface area contributed by atoms with Gasteiger partial charge in [0, 0.05) is 12.3 Å². The Labute approximate surface area is 108 Å². The predicted octanol–water partition coefficient (Wildman–Crippen LogP) is 1.05. The molecular formula is C13H12N2O4. The summed E-state index contributed by atoms with van der Waals surface area (Å²) in [5.41, 5.74) is 0.196. The lowest BCUT2D eigenvalue weighted by atomic mass is 10.2. The van der Waals surface area contributed by atoms with Crippen LogP contribution in [-0.2, 0) is 9.53 Å². The fourth-order valence-electron chi connectivity index (χ4n) is 1.62. The Morgan fingerprint density at radius 3 is 2.84 bits per heavy atom. The number of methoxy groups -OCH3 is 2. The Hall–Kier alpha value is -2.63. The van der Waals surface area contributed by atoms with Gasteiger partial charge in [-0.15, -0.1) is 0 Å². The van der Waals surface area contributed by atoms with E-state index < -0.39 is 5.97 Å². The molecular weight excluding hydrogens is 248 g/mol. The molecule has 1 aromatic carbocycles. The average molecular weight is 260 g/mol. The van der Waals surface area contributed by atoms with Crippen molar-refractivity contribution in [1.82, 2.24) is 9.55 Å². The molecule has 0 aliphatic heterocycles. The molecule has 2 aromatic rings. The van der Waals surface area contributed by atoms with Crippen LogP contribution in [0.4, 0.5) is 0 Å². The molecule has 1 aromatic heterocycles. The summed E-state index contributed by atoms with van der Waals surface area (Å²) in [6, 6.07) is 5.08.